The van der Waals surface area contributed by atoms with Crippen LogP contribution in [0.2, 0.25) is 0 Å². The molecule has 4 N–H and O–H groups in total. The lowest BCUT2D eigenvalue weighted by molar-refractivity contribution is -0.890. The zero-order chi connectivity index (χ0) is 26.1. The molecule has 0 bridgehead atoms. The van der Waals surface area contributed by atoms with Crippen molar-refractivity contribution >= 4 is 13.7 Å². The lowest BCUT2D eigenvalue weighted by Crippen LogP contribution is -2.42. The highest BCUT2D eigenvalue weighted by molar-refractivity contribution is 7.45. The summed E-state index contributed by atoms with van der Waals surface area (Å²) < 4.78 is 9.67. The van der Waals surface area contributed by atoms with E-state index in [0.29, 0.717) is 13.0 Å². The van der Waals surface area contributed by atoms with Crippen LogP contribution in [-0.2, 0) is 4.57 Å². The normalized spacial score (nSPS) is 12.5. The maximum atomic E-state index is 11.8. The number of rotatable bonds is 22. The average molecular weight is 511 g/mol. The number of nitrogens with zero attached hydrogens (tertiary/aromatic N) is 2. The summed E-state index contributed by atoms with van der Waals surface area (Å²) in [5.41, 5.74) is 0. The predicted octanol–water partition coefficient (Wildman–Crippen LogP) is 4.54. The third-order valence-corrected chi connectivity index (χ3v) is 5.91. The summed E-state index contributed by atoms with van der Waals surface area (Å²) in [6.45, 7) is 4.83. The van der Waals surface area contributed by atoms with Gasteiger partial charge in [-0.1, -0.05) is 96.8 Å². The predicted molar refractivity (Wildman–Crippen MR) is 140 cm³/mol. The average Bonchev–Trinajstić information content (AvgIpc) is 2.73. The maximum absolute atomic E-state index is 11.8. The largest absolute Gasteiger partial charge is 0.862 e. The second kappa shape index (κ2) is 24.2. The van der Waals surface area contributed by atoms with Crippen molar-refractivity contribution in [3.8, 4) is 0 Å². The van der Waals surface area contributed by atoms with Crippen molar-refractivity contribution in [2.45, 2.75) is 116 Å². The number of aliphatic hydroxyl groups is 1. The number of hydrogen-bond donors (Lipinski definition) is 4. The minimum absolute atomic E-state index is 0.0761. The molecule has 0 atom stereocenters. The first kappa shape index (κ1) is 35.7. The van der Waals surface area contributed by atoms with Gasteiger partial charge in [-0.3, -0.25) is 0 Å². The molecular weight excluding hydrogens is 455 g/mol. The Morgan fingerprint density at radius 2 is 1.12 bits per heavy atom. The maximum Gasteiger partial charge on any atom is 0.466 e. The molecule has 0 aromatic carbocycles. The smallest absolute Gasteiger partial charge is 0.466 e. The van der Waals surface area contributed by atoms with Gasteiger partial charge in [0, 0.05) is 13.0 Å². The molecule has 0 saturated heterocycles. The van der Waals surface area contributed by atoms with Gasteiger partial charge in [-0.15, -0.1) is 0 Å². The van der Waals surface area contributed by atoms with Crippen molar-refractivity contribution in [1.82, 2.24) is 0 Å². The molecule has 0 aliphatic carbocycles. The van der Waals surface area contributed by atoms with Gasteiger partial charge in [-0.25, -0.2) is 4.57 Å². The van der Waals surface area contributed by atoms with E-state index in [0.717, 1.165) is 30.4 Å². The number of hydrogen-bond acceptors (Lipinski definition) is 4. The summed E-state index contributed by atoms with van der Waals surface area (Å²) in [7, 11) is -0.429. The van der Waals surface area contributed by atoms with Crippen molar-refractivity contribution in [1.29, 1.82) is 0 Å². The van der Waals surface area contributed by atoms with Gasteiger partial charge in [0.25, 0.3) is 0 Å². The van der Waals surface area contributed by atoms with Crippen molar-refractivity contribution in [2.75, 3.05) is 40.3 Å². The first-order chi connectivity index (χ1) is 16.0. The van der Waals surface area contributed by atoms with Crippen LogP contribution in [0.25, 0.3) is 0 Å². The van der Waals surface area contributed by atoms with Gasteiger partial charge in [0.2, 0.25) is 0 Å². The van der Waals surface area contributed by atoms with Gasteiger partial charge in [0.15, 0.2) is 0 Å². The Labute approximate surface area is 209 Å². The molecule has 0 spiro atoms. The van der Waals surface area contributed by atoms with E-state index in [1.54, 1.807) is 0 Å². The number of aliphatic imine (C=N–C) groups is 1. The Morgan fingerprint density at radius 3 is 1.50 bits per heavy atom. The van der Waals surface area contributed by atoms with Gasteiger partial charge >= 0.3 is 7.82 Å². The summed E-state index contributed by atoms with van der Waals surface area (Å²) in [5.74, 6) is 0.0761. The molecule has 0 amide bonds. The van der Waals surface area contributed by atoms with E-state index < -0.39 is 7.82 Å². The molecule has 0 aromatic heterocycles. The van der Waals surface area contributed by atoms with Crippen LogP contribution in [0.3, 0.4) is 0 Å². The third kappa shape index (κ3) is 36.1. The van der Waals surface area contributed by atoms with E-state index in [2.05, 4.69) is 26.0 Å². The van der Waals surface area contributed by atoms with Crippen molar-refractivity contribution in [2.24, 2.45) is 4.99 Å². The van der Waals surface area contributed by atoms with Crippen molar-refractivity contribution < 1.29 is 33.9 Å². The van der Waals surface area contributed by atoms with Gasteiger partial charge in [0.05, 0.1) is 27.2 Å². The molecule has 0 fully saturated rings. The number of phosphoric acid groups is 1. The lowest BCUT2D eigenvalue weighted by Gasteiger charge is -2.28. The van der Waals surface area contributed by atoms with Crippen LogP contribution in [-0.4, -0.2) is 70.5 Å². The molecule has 0 unspecified atom stereocenters. The second-order valence-electron chi connectivity index (χ2n) is 9.95. The lowest BCUT2D eigenvalue weighted by atomic mass is 10.0. The van der Waals surface area contributed by atoms with Crippen molar-refractivity contribution in [3.05, 3.63) is 0 Å². The standard InChI is InChI=1S/C25H52N2O2.H3O4P/c1-4-5-6-7-8-9-10-11-12-13-14-15-16-17-18-20-25(29)26-21-19-22-27(2,3)23-24-28;1-5(2,3)4/h28H,4-24H2,1-3H3;(H3,1,2,3,4). The molecule has 0 heterocycles. The third-order valence-electron chi connectivity index (χ3n) is 5.91. The number of quaternary nitrogens is 1. The first-order valence-electron chi connectivity index (χ1n) is 13.4. The zero-order valence-electron chi connectivity index (χ0n) is 22.3. The Morgan fingerprint density at radius 1 is 0.735 bits per heavy atom. The highest BCUT2D eigenvalue weighted by atomic mass is 31.2. The fraction of sp³-hybridized carbons (Fsp3) is 0.960. The molecule has 8 nitrogen and oxygen atoms in total. The Hall–Kier alpha value is -0.500. The van der Waals surface area contributed by atoms with Crippen LogP contribution < -0.4 is 5.11 Å². The molecule has 0 saturated carbocycles. The van der Waals surface area contributed by atoms with E-state index in [1.807, 2.05) is 0 Å². The van der Waals surface area contributed by atoms with E-state index in [1.165, 1.54) is 89.9 Å². The SMILES string of the molecule is CCCCCCCCCCCCCCCCCC([O-])=NCCC[N+](C)(C)CCO.O=P(O)(O)O. The van der Waals surface area contributed by atoms with Crippen LogP contribution in [0, 0.1) is 0 Å². The minimum atomic E-state index is -4.64. The van der Waals surface area contributed by atoms with Crippen LogP contribution >= 0.6 is 7.82 Å². The minimum Gasteiger partial charge on any atom is -0.862 e. The highest BCUT2D eigenvalue weighted by Crippen LogP contribution is 2.25. The van der Waals surface area contributed by atoms with E-state index in [4.69, 9.17) is 24.4 Å². The van der Waals surface area contributed by atoms with E-state index in [-0.39, 0.29) is 12.5 Å². The van der Waals surface area contributed by atoms with Crippen LogP contribution in [0.4, 0.5) is 0 Å². The molecule has 206 valence electrons. The van der Waals surface area contributed by atoms with Crippen LogP contribution in [0.1, 0.15) is 116 Å². The zero-order valence-corrected chi connectivity index (χ0v) is 23.2. The Bertz CT molecular complexity index is 503. The van der Waals surface area contributed by atoms with Gasteiger partial charge in [-0.05, 0) is 18.7 Å². The summed E-state index contributed by atoms with van der Waals surface area (Å²) >= 11 is 0. The second-order valence-corrected chi connectivity index (χ2v) is 11.0. The van der Waals surface area contributed by atoms with Gasteiger partial charge in [-0.2, -0.15) is 0 Å². The Kier molecular flexibility index (Phi) is 25.4. The Balaban J connectivity index is 0. The van der Waals surface area contributed by atoms with Crippen LogP contribution in [0.15, 0.2) is 4.99 Å². The number of likely N-dealkylation sites (N-methyl/N-ethyl adjacent to an activating group) is 1. The molecule has 9 heteroatoms. The fourth-order valence-electron chi connectivity index (χ4n) is 3.81. The number of aliphatic hydroxyl groups excluding tert-OH is 1. The summed E-state index contributed by atoms with van der Waals surface area (Å²) in [4.78, 5) is 25.7. The monoisotopic (exact) mass is 510 g/mol. The summed E-state index contributed by atoms with van der Waals surface area (Å²) in [6, 6.07) is 0. The molecule has 0 aliphatic heterocycles. The van der Waals surface area contributed by atoms with E-state index >= 15 is 0 Å². The highest BCUT2D eigenvalue weighted by Gasteiger charge is 2.12. The topological polar surface area (TPSA) is 133 Å². The number of unbranched alkanes of at least 4 members (excludes halogenated alkanes) is 14. The summed E-state index contributed by atoms with van der Waals surface area (Å²) in [5, 5.41) is 20.8. The molecule has 0 rings (SSSR count). The quantitative estimate of drug-likeness (QED) is 0.0556. The van der Waals surface area contributed by atoms with E-state index in [9.17, 15) is 5.11 Å². The van der Waals surface area contributed by atoms with Crippen LogP contribution in [0.5, 0.6) is 0 Å². The van der Waals surface area contributed by atoms with Gasteiger partial charge < -0.3 is 34.4 Å². The van der Waals surface area contributed by atoms with Crippen molar-refractivity contribution in [3.63, 3.8) is 0 Å². The molecule has 34 heavy (non-hydrogen) atoms. The fourth-order valence-corrected chi connectivity index (χ4v) is 3.81. The molecule has 0 aliphatic rings. The first-order valence-corrected chi connectivity index (χ1v) is 15.0. The molecular formula is C25H55N2O6P. The molecule has 0 aromatic rings. The molecule has 0 radical (unpaired) electrons. The van der Waals surface area contributed by atoms with Gasteiger partial charge in [0.1, 0.15) is 6.54 Å². The summed E-state index contributed by atoms with van der Waals surface area (Å²) in [6.07, 6.45) is 21.7.